The lowest BCUT2D eigenvalue weighted by molar-refractivity contribution is 0.0510. The van der Waals surface area contributed by atoms with Crippen LogP contribution in [0.2, 0.25) is 0 Å². The molecule has 1 aromatic rings. The summed E-state index contributed by atoms with van der Waals surface area (Å²) in [5.41, 5.74) is -0.391. The summed E-state index contributed by atoms with van der Waals surface area (Å²) >= 11 is 0. The van der Waals surface area contributed by atoms with Gasteiger partial charge in [0.05, 0.1) is 19.3 Å². The van der Waals surface area contributed by atoms with Gasteiger partial charge in [0.1, 0.15) is 5.60 Å². The van der Waals surface area contributed by atoms with E-state index in [0.717, 1.165) is 0 Å². The minimum atomic E-state index is -0.533. The normalized spacial score (nSPS) is 11.0. The molecule has 0 saturated carbocycles. The molecular formula is C12H20N4O4. The van der Waals surface area contributed by atoms with Crippen LogP contribution in [0, 0.1) is 0 Å². The minimum absolute atomic E-state index is 0.143. The molecule has 0 spiro atoms. The molecular weight excluding hydrogens is 264 g/mol. The van der Waals surface area contributed by atoms with Crippen molar-refractivity contribution in [1.82, 2.24) is 20.3 Å². The second kappa shape index (κ2) is 6.88. The highest BCUT2D eigenvalue weighted by Gasteiger charge is 2.16. The number of aromatic nitrogens is 3. The third kappa shape index (κ3) is 5.68. The third-order valence-corrected chi connectivity index (χ3v) is 2.03. The highest BCUT2D eigenvalue weighted by molar-refractivity contribution is 5.86. The van der Waals surface area contributed by atoms with E-state index in [0.29, 0.717) is 13.1 Å². The minimum Gasteiger partial charge on any atom is -0.461 e. The molecule has 1 amide bonds. The van der Waals surface area contributed by atoms with Crippen LogP contribution in [0.3, 0.4) is 0 Å². The van der Waals surface area contributed by atoms with Crippen LogP contribution in [-0.4, -0.2) is 45.8 Å². The number of carbonyl (C=O) groups is 2. The molecule has 0 fully saturated rings. The van der Waals surface area contributed by atoms with Crippen molar-refractivity contribution >= 4 is 12.1 Å². The van der Waals surface area contributed by atoms with Crippen LogP contribution < -0.4 is 5.32 Å². The number of nitrogens with one attached hydrogen (secondary N) is 1. The molecule has 20 heavy (non-hydrogen) atoms. The van der Waals surface area contributed by atoms with Crippen LogP contribution in [-0.2, 0) is 16.0 Å². The fourth-order valence-electron chi connectivity index (χ4n) is 1.29. The van der Waals surface area contributed by atoms with Crippen molar-refractivity contribution in [2.24, 2.45) is 0 Å². The van der Waals surface area contributed by atoms with Gasteiger partial charge in [-0.2, -0.15) is 0 Å². The molecule has 0 bridgehead atoms. The molecule has 1 aromatic heterocycles. The molecule has 1 rings (SSSR count). The molecule has 0 aromatic carbocycles. The molecule has 1 heterocycles. The van der Waals surface area contributed by atoms with Crippen LogP contribution in [0.4, 0.5) is 4.79 Å². The maximum atomic E-state index is 11.4. The zero-order valence-electron chi connectivity index (χ0n) is 12.2. The van der Waals surface area contributed by atoms with Gasteiger partial charge in [-0.05, 0) is 27.7 Å². The van der Waals surface area contributed by atoms with Crippen molar-refractivity contribution in [3.63, 3.8) is 0 Å². The van der Waals surface area contributed by atoms with Crippen LogP contribution in [0.5, 0.6) is 0 Å². The van der Waals surface area contributed by atoms with Gasteiger partial charge >= 0.3 is 12.1 Å². The standard InChI is InChI=1S/C12H20N4O4/c1-5-19-10(17)9-8-16(15-14-9)7-6-13-11(18)20-12(2,3)4/h8H,5-7H2,1-4H3,(H,13,18). The molecule has 0 aliphatic carbocycles. The number of alkyl carbamates (subject to hydrolysis) is 1. The summed E-state index contributed by atoms with van der Waals surface area (Å²) < 4.78 is 11.3. The van der Waals surface area contributed by atoms with E-state index in [-0.39, 0.29) is 12.3 Å². The first kappa shape index (κ1) is 15.9. The van der Waals surface area contributed by atoms with Crippen molar-refractivity contribution in [1.29, 1.82) is 0 Å². The number of nitrogens with zero attached hydrogens (tertiary/aromatic N) is 3. The van der Waals surface area contributed by atoms with Crippen molar-refractivity contribution < 1.29 is 19.1 Å². The highest BCUT2D eigenvalue weighted by Crippen LogP contribution is 2.06. The molecule has 0 saturated heterocycles. The van der Waals surface area contributed by atoms with Crippen LogP contribution >= 0.6 is 0 Å². The van der Waals surface area contributed by atoms with Gasteiger partial charge < -0.3 is 14.8 Å². The Morgan fingerprint density at radius 1 is 1.40 bits per heavy atom. The Balaban J connectivity index is 2.36. The number of ether oxygens (including phenoxy) is 2. The quantitative estimate of drug-likeness (QED) is 0.810. The second-order valence-electron chi connectivity index (χ2n) is 5.02. The maximum absolute atomic E-state index is 11.4. The molecule has 0 radical (unpaired) electrons. The van der Waals surface area contributed by atoms with Crippen molar-refractivity contribution in [2.75, 3.05) is 13.2 Å². The van der Waals surface area contributed by atoms with Gasteiger partial charge in [-0.25, -0.2) is 14.3 Å². The summed E-state index contributed by atoms with van der Waals surface area (Å²) in [5.74, 6) is -0.515. The predicted octanol–water partition coefficient (Wildman–Crippen LogP) is 0.979. The van der Waals surface area contributed by atoms with Crippen LogP contribution in [0.25, 0.3) is 0 Å². The first-order chi connectivity index (χ1) is 9.31. The van der Waals surface area contributed by atoms with Gasteiger partial charge in [0.2, 0.25) is 0 Å². The zero-order chi connectivity index (χ0) is 15.2. The van der Waals surface area contributed by atoms with Crippen molar-refractivity contribution in [2.45, 2.75) is 39.8 Å². The van der Waals surface area contributed by atoms with E-state index in [2.05, 4.69) is 15.6 Å². The number of hydrogen-bond donors (Lipinski definition) is 1. The van der Waals surface area contributed by atoms with Gasteiger partial charge in [-0.15, -0.1) is 5.10 Å². The molecule has 112 valence electrons. The smallest absolute Gasteiger partial charge is 0.407 e. The lowest BCUT2D eigenvalue weighted by Gasteiger charge is -2.19. The van der Waals surface area contributed by atoms with Crippen LogP contribution in [0.1, 0.15) is 38.2 Å². The van der Waals surface area contributed by atoms with Gasteiger partial charge in [-0.3, -0.25) is 0 Å². The number of hydrogen-bond acceptors (Lipinski definition) is 6. The Morgan fingerprint density at radius 2 is 2.10 bits per heavy atom. The average molecular weight is 284 g/mol. The Hall–Kier alpha value is -2.12. The van der Waals surface area contributed by atoms with E-state index in [4.69, 9.17) is 9.47 Å². The monoisotopic (exact) mass is 284 g/mol. The molecule has 0 aliphatic heterocycles. The number of carbonyl (C=O) groups excluding carboxylic acids is 2. The molecule has 8 heteroatoms. The van der Waals surface area contributed by atoms with E-state index >= 15 is 0 Å². The van der Waals surface area contributed by atoms with Gasteiger partial charge in [-0.1, -0.05) is 5.21 Å². The molecule has 0 aliphatic rings. The predicted molar refractivity (Wildman–Crippen MR) is 70.2 cm³/mol. The van der Waals surface area contributed by atoms with E-state index in [9.17, 15) is 9.59 Å². The third-order valence-electron chi connectivity index (χ3n) is 2.03. The summed E-state index contributed by atoms with van der Waals surface area (Å²) in [7, 11) is 0. The van der Waals surface area contributed by atoms with E-state index in [1.807, 2.05) is 0 Å². The zero-order valence-corrected chi connectivity index (χ0v) is 12.2. The van der Waals surface area contributed by atoms with E-state index in [1.54, 1.807) is 27.7 Å². The molecule has 0 unspecified atom stereocenters. The number of rotatable bonds is 5. The SMILES string of the molecule is CCOC(=O)c1cn(CCNC(=O)OC(C)(C)C)nn1. The first-order valence-corrected chi connectivity index (χ1v) is 6.36. The van der Waals surface area contributed by atoms with E-state index in [1.165, 1.54) is 10.9 Å². The summed E-state index contributed by atoms with van der Waals surface area (Å²) in [6.07, 6.45) is 0.970. The molecule has 0 atom stereocenters. The molecule has 1 N–H and O–H groups in total. The number of esters is 1. The van der Waals surface area contributed by atoms with Crippen LogP contribution in [0.15, 0.2) is 6.20 Å². The second-order valence-corrected chi connectivity index (χ2v) is 5.02. The fourth-order valence-corrected chi connectivity index (χ4v) is 1.29. The lowest BCUT2D eigenvalue weighted by Crippen LogP contribution is -2.34. The Bertz CT molecular complexity index is 464. The van der Waals surface area contributed by atoms with Crippen molar-refractivity contribution in [3.05, 3.63) is 11.9 Å². The summed E-state index contributed by atoms with van der Waals surface area (Å²) in [6, 6.07) is 0. The summed E-state index contributed by atoms with van der Waals surface area (Å²) in [5, 5.41) is 10.0. The van der Waals surface area contributed by atoms with Gasteiger partial charge in [0.25, 0.3) is 0 Å². The fraction of sp³-hybridized carbons (Fsp3) is 0.667. The Morgan fingerprint density at radius 3 is 2.70 bits per heavy atom. The highest BCUT2D eigenvalue weighted by atomic mass is 16.6. The Labute approximate surface area is 117 Å². The largest absolute Gasteiger partial charge is 0.461 e. The van der Waals surface area contributed by atoms with Gasteiger partial charge in [0.15, 0.2) is 5.69 Å². The van der Waals surface area contributed by atoms with Crippen molar-refractivity contribution in [3.8, 4) is 0 Å². The summed E-state index contributed by atoms with van der Waals surface area (Å²) in [4.78, 5) is 22.8. The first-order valence-electron chi connectivity index (χ1n) is 6.36. The van der Waals surface area contributed by atoms with Gasteiger partial charge in [0, 0.05) is 6.54 Å². The maximum Gasteiger partial charge on any atom is 0.407 e. The Kier molecular flexibility index (Phi) is 5.48. The van der Waals surface area contributed by atoms with E-state index < -0.39 is 17.7 Å². The molecule has 8 nitrogen and oxygen atoms in total. The average Bonchev–Trinajstić information content (AvgIpc) is 2.75. The summed E-state index contributed by atoms with van der Waals surface area (Å²) in [6.45, 7) is 8.06. The lowest BCUT2D eigenvalue weighted by atomic mass is 10.2. The topological polar surface area (TPSA) is 95.3 Å². The number of amides is 1.